The molecule has 9 heteroatoms. The molecule has 1 aliphatic heterocycles. The first-order valence-corrected chi connectivity index (χ1v) is 11.0. The maximum atomic E-state index is 15.0. The van der Waals surface area contributed by atoms with Gasteiger partial charge in [-0.25, -0.2) is 8.78 Å². The first-order chi connectivity index (χ1) is 16.4. The zero-order valence-corrected chi connectivity index (χ0v) is 18.5. The number of amides is 1. The molecule has 4 aromatic rings. The van der Waals surface area contributed by atoms with E-state index in [0.717, 1.165) is 5.56 Å². The van der Waals surface area contributed by atoms with Crippen LogP contribution in [0, 0.1) is 11.6 Å². The molecule has 0 saturated carbocycles. The molecule has 1 saturated heterocycles. The average Bonchev–Trinajstić information content (AvgIpc) is 3.41. The molecule has 0 aliphatic carbocycles. The summed E-state index contributed by atoms with van der Waals surface area (Å²) in [7, 11) is 1.79. The molecule has 1 fully saturated rings. The molecule has 34 heavy (non-hydrogen) atoms. The third-order valence-electron chi connectivity index (χ3n) is 6.17. The normalized spacial score (nSPS) is 18.4. The zero-order valence-electron chi connectivity index (χ0n) is 18.5. The summed E-state index contributed by atoms with van der Waals surface area (Å²) >= 11 is 0. The summed E-state index contributed by atoms with van der Waals surface area (Å²) in [6.45, 7) is 0.675. The van der Waals surface area contributed by atoms with Gasteiger partial charge in [-0.3, -0.25) is 9.48 Å². The number of aryl methyl sites for hydroxylation is 1. The molecule has 2 N–H and O–H groups in total. The number of hydrogen-bond donors (Lipinski definition) is 2. The van der Waals surface area contributed by atoms with Crippen molar-refractivity contribution in [3.8, 4) is 11.1 Å². The van der Waals surface area contributed by atoms with Gasteiger partial charge in [0, 0.05) is 42.6 Å². The fourth-order valence-electron chi connectivity index (χ4n) is 4.36. The van der Waals surface area contributed by atoms with Crippen LogP contribution in [0.25, 0.3) is 22.0 Å². The Labute approximate surface area is 194 Å². The molecule has 2 aromatic heterocycles. The van der Waals surface area contributed by atoms with Crippen LogP contribution < -0.4 is 5.32 Å². The third kappa shape index (κ3) is 4.20. The van der Waals surface area contributed by atoms with E-state index in [-0.39, 0.29) is 24.1 Å². The van der Waals surface area contributed by atoms with E-state index in [1.54, 1.807) is 46.9 Å². The summed E-state index contributed by atoms with van der Waals surface area (Å²) in [6, 6.07) is 8.99. The van der Waals surface area contributed by atoms with Crippen LogP contribution >= 0.6 is 0 Å². The van der Waals surface area contributed by atoms with Gasteiger partial charge in [0.25, 0.3) is 5.91 Å². The Morgan fingerprint density at radius 1 is 1.21 bits per heavy atom. The highest BCUT2D eigenvalue weighted by Gasteiger charge is 2.27. The van der Waals surface area contributed by atoms with Gasteiger partial charge in [-0.05, 0) is 30.2 Å². The van der Waals surface area contributed by atoms with Crippen LogP contribution in [-0.2, 0) is 18.3 Å². The number of benzene rings is 2. The molecule has 1 aliphatic rings. The molecule has 0 spiro atoms. The van der Waals surface area contributed by atoms with Gasteiger partial charge in [-0.2, -0.15) is 5.10 Å². The van der Waals surface area contributed by atoms with Gasteiger partial charge < -0.3 is 19.7 Å². The van der Waals surface area contributed by atoms with Gasteiger partial charge in [0.2, 0.25) is 0 Å². The van der Waals surface area contributed by atoms with Crippen LogP contribution in [-0.4, -0.2) is 50.7 Å². The number of carbonyl (C=O) groups is 1. The first kappa shape index (κ1) is 22.2. The second-order valence-electron chi connectivity index (χ2n) is 8.52. The number of hydrogen-bond acceptors (Lipinski definition) is 4. The van der Waals surface area contributed by atoms with Gasteiger partial charge in [0.1, 0.15) is 11.6 Å². The van der Waals surface area contributed by atoms with Gasteiger partial charge in [-0.1, -0.05) is 18.2 Å². The lowest BCUT2D eigenvalue weighted by Gasteiger charge is -2.28. The van der Waals surface area contributed by atoms with Gasteiger partial charge >= 0.3 is 0 Å². The fourth-order valence-corrected chi connectivity index (χ4v) is 4.36. The van der Waals surface area contributed by atoms with Crippen molar-refractivity contribution < 1.29 is 23.4 Å². The number of ether oxygens (including phenoxy) is 1. The molecule has 0 bridgehead atoms. The van der Waals surface area contributed by atoms with E-state index >= 15 is 0 Å². The van der Waals surface area contributed by atoms with Crippen molar-refractivity contribution in [1.82, 2.24) is 19.7 Å². The summed E-state index contributed by atoms with van der Waals surface area (Å²) < 4.78 is 38.3. The van der Waals surface area contributed by atoms with Crippen molar-refractivity contribution in [2.24, 2.45) is 7.05 Å². The van der Waals surface area contributed by atoms with E-state index in [4.69, 9.17) is 4.74 Å². The molecule has 7 nitrogen and oxygen atoms in total. The molecule has 2 aromatic carbocycles. The van der Waals surface area contributed by atoms with E-state index < -0.39 is 29.7 Å². The van der Waals surface area contributed by atoms with E-state index in [2.05, 4.69) is 10.4 Å². The number of aromatic nitrogens is 3. The minimum atomic E-state index is -0.830. The highest BCUT2D eigenvalue weighted by Crippen LogP contribution is 2.27. The van der Waals surface area contributed by atoms with Crippen LogP contribution in [0.1, 0.15) is 22.3 Å². The Kier molecular flexibility index (Phi) is 5.89. The van der Waals surface area contributed by atoms with Crippen molar-refractivity contribution >= 4 is 16.8 Å². The van der Waals surface area contributed by atoms with Crippen LogP contribution in [0.5, 0.6) is 0 Å². The molecule has 1 amide bonds. The third-order valence-corrected chi connectivity index (χ3v) is 6.17. The Hall–Kier alpha value is -3.56. The highest BCUT2D eigenvalue weighted by atomic mass is 19.1. The quantitative estimate of drug-likeness (QED) is 0.473. The van der Waals surface area contributed by atoms with Gasteiger partial charge in [0.15, 0.2) is 0 Å². The van der Waals surface area contributed by atoms with Crippen LogP contribution in [0.15, 0.2) is 55.0 Å². The summed E-state index contributed by atoms with van der Waals surface area (Å²) in [5.74, 6) is -1.44. The maximum absolute atomic E-state index is 15.0. The second kappa shape index (κ2) is 9.00. The van der Waals surface area contributed by atoms with E-state index in [9.17, 15) is 18.7 Å². The SMILES string of the molecule is Cn1cc(-c2ccc(Cn3cc(C(=O)N[C@@H]4CCOCC4O)c4c(F)cccc43)c(F)c2)cn1. The van der Waals surface area contributed by atoms with Gasteiger partial charge in [-0.15, -0.1) is 0 Å². The number of aliphatic hydroxyl groups excluding tert-OH is 1. The Morgan fingerprint density at radius 2 is 2.06 bits per heavy atom. The topological polar surface area (TPSA) is 81.3 Å². The van der Waals surface area contributed by atoms with Crippen LogP contribution in [0.2, 0.25) is 0 Å². The summed E-state index contributed by atoms with van der Waals surface area (Å²) in [6.07, 6.45) is 4.63. The summed E-state index contributed by atoms with van der Waals surface area (Å²) in [4.78, 5) is 13.0. The van der Waals surface area contributed by atoms with E-state index in [1.807, 2.05) is 6.07 Å². The molecule has 2 atom stereocenters. The molecular formula is C25H24F2N4O3. The predicted molar refractivity (Wildman–Crippen MR) is 122 cm³/mol. The number of nitrogens with one attached hydrogen (secondary N) is 1. The number of carbonyl (C=O) groups excluding carboxylic acids is 1. The molecule has 176 valence electrons. The van der Waals surface area contributed by atoms with Crippen molar-refractivity contribution in [3.63, 3.8) is 0 Å². The van der Waals surface area contributed by atoms with Crippen molar-refractivity contribution in [1.29, 1.82) is 0 Å². The molecule has 0 radical (unpaired) electrons. The van der Waals surface area contributed by atoms with Crippen molar-refractivity contribution in [2.75, 3.05) is 13.2 Å². The Balaban J connectivity index is 1.46. The number of rotatable bonds is 5. The highest BCUT2D eigenvalue weighted by molar-refractivity contribution is 6.07. The largest absolute Gasteiger partial charge is 0.389 e. The second-order valence-corrected chi connectivity index (χ2v) is 8.52. The molecule has 1 unspecified atom stereocenters. The van der Waals surface area contributed by atoms with E-state index in [0.29, 0.717) is 29.7 Å². The predicted octanol–water partition coefficient (Wildman–Crippen LogP) is 3.25. The lowest BCUT2D eigenvalue weighted by molar-refractivity contribution is -0.0260. The average molecular weight is 466 g/mol. The van der Waals surface area contributed by atoms with Crippen LogP contribution in [0.4, 0.5) is 8.78 Å². The number of fused-ring (bicyclic) bond motifs is 1. The Bertz CT molecular complexity index is 1360. The minimum Gasteiger partial charge on any atom is -0.389 e. The number of nitrogens with zero attached hydrogens (tertiary/aromatic N) is 3. The standard InChI is InChI=1S/C25H24F2N4O3/c1-30-11-17(10-28-30)15-5-6-16(20(27)9-15)12-31-13-18(24-19(26)3-2-4-22(24)31)25(33)29-21-7-8-34-14-23(21)32/h2-6,9-11,13,21,23,32H,7-8,12,14H2,1H3,(H,29,33)/t21-,23?/m1/s1. The Morgan fingerprint density at radius 3 is 2.79 bits per heavy atom. The molecule has 5 rings (SSSR count). The molecular weight excluding hydrogens is 442 g/mol. The van der Waals surface area contributed by atoms with Crippen molar-refractivity contribution in [3.05, 3.63) is 77.8 Å². The fraction of sp³-hybridized carbons (Fsp3) is 0.280. The minimum absolute atomic E-state index is 0.117. The number of halogens is 2. The van der Waals surface area contributed by atoms with E-state index in [1.165, 1.54) is 18.3 Å². The monoisotopic (exact) mass is 466 g/mol. The maximum Gasteiger partial charge on any atom is 0.253 e. The summed E-state index contributed by atoms with van der Waals surface area (Å²) in [5, 5.41) is 17.2. The lowest BCUT2D eigenvalue weighted by atomic mass is 10.1. The smallest absolute Gasteiger partial charge is 0.253 e. The first-order valence-electron chi connectivity index (χ1n) is 11.0. The summed E-state index contributed by atoms with van der Waals surface area (Å²) in [5.41, 5.74) is 2.52. The van der Waals surface area contributed by atoms with Crippen LogP contribution in [0.3, 0.4) is 0 Å². The molecule has 3 heterocycles. The zero-order chi connectivity index (χ0) is 23.8. The number of aliphatic hydroxyl groups is 1. The van der Waals surface area contributed by atoms with Gasteiger partial charge in [0.05, 0.1) is 42.6 Å². The lowest BCUT2D eigenvalue weighted by Crippen LogP contribution is -2.48. The van der Waals surface area contributed by atoms with Crippen molar-refractivity contribution in [2.45, 2.75) is 25.1 Å².